The Kier molecular flexibility index (Phi) is 3.63. The summed E-state index contributed by atoms with van der Waals surface area (Å²) in [4.78, 5) is 10.6. The summed E-state index contributed by atoms with van der Waals surface area (Å²) >= 11 is 0. The molecule has 0 bridgehead atoms. The highest BCUT2D eigenvalue weighted by Gasteiger charge is 2.26. The Morgan fingerprint density at radius 3 is 2.82 bits per heavy atom. The second kappa shape index (κ2) is 5.18. The van der Waals surface area contributed by atoms with Crippen molar-refractivity contribution in [1.82, 2.24) is 9.97 Å². The summed E-state index contributed by atoms with van der Waals surface area (Å²) < 4.78 is 5.34. The van der Waals surface area contributed by atoms with Gasteiger partial charge in [0.15, 0.2) is 11.6 Å². The zero-order valence-corrected chi connectivity index (χ0v) is 10.3. The van der Waals surface area contributed by atoms with Crippen LogP contribution in [0.25, 0.3) is 0 Å². The van der Waals surface area contributed by atoms with E-state index >= 15 is 0 Å². The second-order valence-electron chi connectivity index (χ2n) is 4.21. The smallest absolute Gasteiger partial charge is 0.205 e. The van der Waals surface area contributed by atoms with Gasteiger partial charge >= 0.3 is 0 Å². The van der Waals surface area contributed by atoms with Crippen LogP contribution in [0.2, 0.25) is 0 Å². The van der Waals surface area contributed by atoms with Crippen LogP contribution in [0.4, 0.5) is 11.6 Å². The van der Waals surface area contributed by atoms with Crippen molar-refractivity contribution in [2.75, 3.05) is 30.5 Å². The molecule has 0 amide bonds. The average molecular weight is 237 g/mol. The van der Waals surface area contributed by atoms with Gasteiger partial charge in [-0.05, 0) is 25.7 Å². The van der Waals surface area contributed by atoms with Gasteiger partial charge in [-0.1, -0.05) is 0 Å². The Bertz CT molecular complexity index is 380. The van der Waals surface area contributed by atoms with Gasteiger partial charge < -0.3 is 15.1 Å². The molecule has 1 aromatic heterocycles. The predicted molar refractivity (Wildman–Crippen MR) is 67.0 cm³/mol. The molecule has 3 N–H and O–H groups in total. The number of nitrogens with zero attached hydrogens (tertiary/aromatic N) is 3. The summed E-state index contributed by atoms with van der Waals surface area (Å²) in [6, 6.07) is 0. The standard InChI is InChI=1S/C11H19N5O/c1-3-16(6-8-4-5-8)11-9(17-2)10(15-12)13-7-14-11/h7-8H,3-6,12H2,1-2H3,(H,13,14,15). The molecule has 2 rings (SSSR count). The first-order valence-electron chi connectivity index (χ1n) is 5.90. The highest BCUT2D eigenvalue weighted by Crippen LogP contribution is 2.35. The molecule has 0 aliphatic heterocycles. The molecular weight excluding hydrogens is 218 g/mol. The van der Waals surface area contributed by atoms with E-state index in [9.17, 15) is 0 Å². The number of anilines is 2. The van der Waals surface area contributed by atoms with Gasteiger partial charge in [0.1, 0.15) is 6.33 Å². The number of aromatic nitrogens is 2. The predicted octanol–water partition coefficient (Wildman–Crippen LogP) is 1.01. The normalized spacial score (nSPS) is 14.5. The largest absolute Gasteiger partial charge is 0.490 e. The fourth-order valence-electron chi connectivity index (χ4n) is 1.86. The molecule has 0 aromatic carbocycles. The first-order valence-corrected chi connectivity index (χ1v) is 5.90. The summed E-state index contributed by atoms with van der Waals surface area (Å²) in [6.07, 6.45) is 4.13. The van der Waals surface area contributed by atoms with Gasteiger partial charge in [-0.25, -0.2) is 15.8 Å². The van der Waals surface area contributed by atoms with Crippen molar-refractivity contribution in [3.05, 3.63) is 6.33 Å². The molecule has 94 valence electrons. The van der Waals surface area contributed by atoms with Crippen molar-refractivity contribution in [1.29, 1.82) is 0 Å². The van der Waals surface area contributed by atoms with E-state index in [1.54, 1.807) is 7.11 Å². The number of hydrogen-bond acceptors (Lipinski definition) is 6. The number of nitrogens with one attached hydrogen (secondary N) is 1. The van der Waals surface area contributed by atoms with E-state index < -0.39 is 0 Å². The second-order valence-corrected chi connectivity index (χ2v) is 4.21. The van der Waals surface area contributed by atoms with Gasteiger partial charge in [-0.3, -0.25) is 0 Å². The Balaban J connectivity index is 2.27. The Hall–Kier alpha value is -1.56. The summed E-state index contributed by atoms with van der Waals surface area (Å²) in [5, 5.41) is 0. The molecule has 6 heteroatoms. The van der Waals surface area contributed by atoms with Gasteiger partial charge in [0.2, 0.25) is 5.75 Å². The number of nitrogens with two attached hydrogens (primary N) is 1. The zero-order chi connectivity index (χ0) is 12.3. The van der Waals surface area contributed by atoms with E-state index in [0.717, 1.165) is 24.8 Å². The number of ether oxygens (including phenoxy) is 1. The lowest BCUT2D eigenvalue weighted by Gasteiger charge is -2.24. The van der Waals surface area contributed by atoms with E-state index in [2.05, 4.69) is 27.2 Å². The molecular formula is C11H19N5O. The lowest BCUT2D eigenvalue weighted by molar-refractivity contribution is 0.412. The minimum atomic E-state index is 0.520. The molecule has 1 fully saturated rings. The fourth-order valence-corrected chi connectivity index (χ4v) is 1.86. The van der Waals surface area contributed by atoms with Gasteiger partial charge in [-0.2, -0.15) is 0 Å². The van der Waals surface area contributed by atoms with Crippen LogP contribution in [0.3, 0.4) is 0 Å². The van der Waals surface area contributed by atoms with Crippen molar-refractivity contribution >= 4 is 11.6 Å². The minimum Gasteiger partial charge on any atom is -0.490 e. The number of nitrogen functional groups attached to an aromatic ring is 1. The number of hydrogen-bond donors (Lipinski definition) is 2. The maximum absolute atomic E-state index is 5.41. The van der Waals surface area contributed by atoms with Crippen LogP contribution in [0.15, 0.2) is 6.33 Å². The Morgan fingerprint density at radius 1 is 1.53 bits per heavy atom. The quantitative estimate of drug-likeness (QED) is 0.568. The summed E-state index contributed by atoms with van der Waals surface area (Å²) in [5.74, 6) is 8.15. The third kappa shape index (κ3) is 2.58. The van der Waals surface area contributed by atoms with E-state index in [1.807, 2.05) is 0 Å². The van der Waals surface area contributed by atoms with Gasteiger partial charge in [0.05, 0.1) is 7.11 Å². The fraction of sp³-hybridized carbons (Fsp3) is 0.636. The van der Waals surface area contributed by atoms with Crippen LogP contribution in [-0.4, -0.2) is 30.2 Å². The third-order valence-electron chi connectivity index (χ3n) is 2.98. The molecule has 1 heterocycles. The molecule has 0 radical (unpaired) electrons. The van der Waals surface area contributed by atoms with Gasteiger partial charge in [-0.15, -0.1) is 0 Å². The highest BCUT2D eigenvalue weighted by atomic mass is 16.5. The summed E-state index contributed by atoms with van der Waals surface area (Å²) in [7, 11) is 1.61. The number of rotatable bonds is 6. The molecule has 0 saturated heterocycles. The van der Waals surface area contributed by atoms with Crippen LogP contribution in [0.1, 0.15) is 19.8 Å². The van der Waals surface area contributed by atoms with Gasteiger partial charge in [0.25, 0.3) is 0 Å². The third-order valence-corrected chi connectivity index (χ3v) is 2.98. The maximum atomic E-state index is 5.41. The zero-order valence-electron chi connectivity index (χ0n) is 10.3. The molecule has 1 aliphatic carbocycles. The summed E-state index contributed by atoms with van der Waals surface area (Å²) in [5.41, 5.74) is 2.53. The molecule has 17 heavy (non-hydrogen) atoms. The van der Waals surface area contributed by atoms with Crippen molar-refractivity contribution in [2.24, 2.45) is 11.8 Å². The molecule has 0 spiro atoms. The van der Waals surface area contributed by atoms with Crippen LogP contribution in [0.5, 0.6) is 5.75 Å². The first kappa shape index (κ1) is 11.9. The van der Waals surface area contributed by atoms with E-state index in [-0.39, 0.29) is 0 Å². The van der Waals surface area contributed by atoms with Crippen molar-refractivity contribution in [2.45, 2.75) is 19.8 Å². The topological polar surface area (TPSA) is 76.3 Å². The minimum absolute atomic E-state index is 0.520. The lowest BCUT2D eigenvalue weighted by Crippen LogP contribution is -2.27. The molecule has 1 aliphatic rings. The molecule has 1 aromatic rings. The molecule has 0 unspecified atom stereocenters. The van der Waals surface area contributed by atoms with E-state index in [4.69, 9.17) is 10.6 Å². The monoisotopic (exact) mass is 237 g/mol. The van der Waals surface area contributed by atoms with Crippen LogP contribution in [-0.2, 0) is 0 Å². The summed E-state index contributed by atoms with van der Waals surface area (Å²) in [6.45, 7) is 4.03. The van der Waals surface area contributed by atoms with Crippen molar-refractivity contribution < 1.29 is 4.74 Å². The molecule has 0 atom stereocenters. The van der Waals surface area contributed by atoms with E-state index in [0.29, 0.717) is 11.6 Å². The Morgan fingerprint density at radius 2 is 2.29 bits per heavy atom. The van der Waals surface area contributed by atoms with Gasteiger partial charge in [0, 0.05) is 13.1 Å². The first-order chi connectivity index (χ1) is 8.30. The van der Waals surface area contributed by atoms with Crippen LogP contribution >= 0.6 is 0 Å². The number of methoxy groups -OCH3 is 1. The van der Waals surface area contributed by atoms with Crippen LogP contribution < -0.4 is 20.9 Å². The molecule has 6 nitrogen and oxygen atoms in total. The lowest BCUT2D eigenvalue weighted by atomic mass is 10.3. The maximum Gasteiger partial charge on any atom is 0.205 e. The number of hydrazine groups is 1. The van der Waals surface area contributed by atoms with Crippen molar-refractivity contribution in [3.8, 4) is 5.75 Å². The van der Waals surface area contributed by atoms with Crippen LogP contribution in [0, 0.1) is 5.92 Å². The Labute approximate surface area is 101 Å². The highest BCUT2D eigenvalue weighted by molar-refractivity contribution is 5.64. The molecule has 1 saturated carbocycles. The average Bonchev–Trinajstić information content (AvgIpc) is 3.18. The van der Waals surface area contributed by atoms with E-state index in [1.165, 1.54) is 19.2 Å². The SMILES string of the molecule is CCN(CC1CC1)c1ncnc(NN)c1OC. The van der Waals surface area contributed by atoms with Crippen molar-refractivity contribution in [3.63, 3.8) is 0 Å².